The Morgan fingerprint density at radius 3 is 1.91 bits per heavy atom. The van der Waals surface area contributed by atoms with E-state index in [0.717, 1.165) is 27.9 Å². The molecule has 0 aliphatic carbocycles. The number of amides is 7. The first-order valence-electron chi connectivity index (χ1n) is 25.6. The summed E-state index contributed by atoms with van der Waals surface area (Å²) in [6, 6.07) is 1.70. The third-order valence-electron chi connectivity index (χ3n) is 14.0. The molecule has 2 aromatic carbocycles. The van der Waals surface area contributed by atoms with Crippen LogP contribution in [0, 0.1) is 17.8 Å². The molecule has 1 aromatic heterocycles. The summed E-state index contributed by atoms with van der Waals surface area (Å²) in [6.45, 7) is 16.7. The molecule has 2 aliphatic rings. The molecule has 2 saturated heterocycles. The number of para-hydroxylation sites is 1. The Kier molecular flexibility index (Phi) is 20.2. The van der Waals surface area contributed by atoms with Crippen molar-refractivity contribution in [2.45, 2.75) is 155 Å². The SMILES string of the molecule is CC=CCC1NC(=O)C(CC(C)C)NC(=O)C(CC(C)C=O)N(C)C(=O)C(C)NC(=O)C(Cc2ccc([O-])c(N(O)O)c2)NC(=O)C(CC(C)C)N(C)C(=O)C(Cc2cn(C(C)(C)C3CO3)c3ccccc23)NC1=O. The number of aldehydes is 1. The standard InChI is InChI=1S/C54H77N9O12/c1-12-13-17-37-47(66)59-40(26-35-27-62(54(8,9)46-29-75-46)41-18-15-14-16-36(35)41)53(72)61(11)43(22-31(4)5)50(69)58-39(24-34-19-20-45(65)42(25-34)63(73)74)48(67)55-33(7)52(71)60(10)44(23-32(6)28-64)51(70)57-38(21-30(2)3)49(68)56-37/h12-16,18-20,25,27-28,30-33,37-40,43-44,46,65,73-74H,17,21-24,26,29H2,1-11H3,(H,55,67)(H,56,68)(H,57,70)(H,58,69)(H,59,66)/p-1. The van der Waals surface area contributed by atoms with Crippen molar-refractivity contribution in [1.29, 1.82) is 0 Å². The second kappa shape index (κ2) is 25.6. The zero-order valence-corrected chi connectivity index (χ0v) is 44.9. The first kappa shape index (κ1) is 59.0. The number of nitrogens with zero attached hydrogens (tertiary/aromatic N) is 4. The Hall–Kier alpha value is -6.84. The number of rotatable bonds is 16. The molecular weight excluding hydrogens is 967 g/mol. The Morgan fingerprint density at radius 1 is 0.747 bits per heavy atom. The fourth-order valence-electron chi connectivity index (χ4n) is 9.47. The van der Waals surface area contributed by atoms with E-state index in [4.69, 9.17) is 4.74 Å². The highest BCUT2D eigenvalue weighted by atomic mass is 16.8. The van der Waals surface area contributed by atoms with Crippen LogP contribution < -0.4 is 36.9 Å². The molecule has 2 aliphatic heterocycles. The van der Waals surface area contributed by atoms with Crippen LogP contribution in [0.15, 0.2) is 60.8 Å². The van der Waals surface area contributed by atoms with E-state index >= 15 is 4.79 Å². The lowest BCUT2D eigenvalue weighted by Gasteiger charge is -2.33. The molecule has 7 N–H and O–H groups in total. The van der Waals surface area contributed by atoms with Gasteiger partial charge >= 0.3 is 0 Å². The van der Waals surface area contributed by atoms with Gasteiger partial charge in [-0.15, -0.1) is 5.23 Å². The van der Waals surface area contributed by atoms with E-state index in [1.165, 1.54) is 32.0 Å². The molecule has 0 bridgehead atoms. The molecule has 3 aromatic rings. The number of likely N-dealkylation sites (N-methyl/N-ethyl adjacent to an activating group) is 2. The van der Waals surface area contributed by atoms with Gasteiger partial charge in [-0.1, -0.05) is 82.9 Å². The number of ether oxygens (including phenoxy) is 1. The molecular formula is C54H76N9O12-. The van der Waals surface area contributed by atoms with E-state index in [-0.39, 0.29) is 67.3 Å². The van der Waals surface area contributed by atoms with Crippen LogP contribution in [-0.4, -0.2) is 142 Å². The number of hydrogen-bond acceptors (Lipinski definition) is 13. The number of epoxide rings is 1. The van der Waals surface area contributed by atoms with Crippen LogP contribution in [0.1, 0.15) is 99.1 Å². The number of aromatic nitrogens is 1. The van der Waals surface area contributed by atoms with E-state index in [1.54, 1.807) is 26.0 Å². The number of carbonyl (C=O) groups excluding carboxylic acids is 8. The third-order valence-corrected chi connectivity index (χ3v) is 14.0. The Morgan fingerprint density at radius 2 is 1.31 bits per heavy atom. The first-order chi connectivity index (χ1) is 35.3. The molecule has 0 spiro atoms. The van der Waals surface area contributed by atoms with E-state index in [0.29, 0.717) is 18.5 Å². The summed E-state index contributed by atoms with van der Waals surface area (Å²) in [6.07, 6.45) is 5.37. The topological polar surface area (TPSA) is 287 Å². The molecule has 21 heteroatoms. The Balaban J connectivity index is 1.69. The highest BCUT2D eigenvalue weighted by Crippen LogP contribution is 2.36. The molecule has 3 heterocycles. The summed E-state index contributed by atoms with van der Waals surface area (Å²) < 4.78 is 7.83. The summed E-state index contributed by atoms with van der Waals surface area (Å²) >= 11 is 0. The van der Waals surface area contributed by atoms with Crippen LogP contribution in [0.5, 0.6) is 5.75 Å². The number of carbonyl (C=O) groups is 8. The molecule has 2 fully saturated rings. The zero-order chi connectivity index (χ0) is 55.6. The second-order valence-corrected chi connectivity index (χ2v) is 21.3. The molecule has 0 saturated carbocycles. The molecule has 0 radical (unpaired) electrons. The van der Waals surface area contributed by atoms with Crippen LogP contribution >= 0.6 is 0 Å². The van der Waals surface area contributed by atoms with Crippen molar-refractivity contribution < 1.29 is 58.6 Å². The summed E-state index contributed by atoms with van der Waals surface area (Å²) in [5, 5.41) is 46.4. The lowest BCUT2D eigenvalue weighted by Crippen LogP contribution is -2.60. The van der Waals surface area contributed by atoms with E-state index in [9.17, 15) is 49.1 Å². The molecule has 9 atom stereocenters. The maximum Gasteiger partial charge on any atom is 0.245 e. The van der Waals surface area contributed by atoms with Gasteiger partial charge in [0.05, 0.1) is 17.8 Å². The van der Waals surface area contributed by atoms with Crippen molar-refractivity contribution in [2.75, 3.05) is 25.9 Å². The smallest absolute Gasteiger partial charge is 0.245 e. The number of nitrogens with one attached hydrogen (secondary N) is 5. The lowest BCUT2D eigenvalue weighted by atomic mass is 9.98. The van der Waals surface area contributed by atoms with Crippen LogP contribution in [0.3, 0.4) is 0 Å². The van der Waals surface area contributed by atoms with Crippen molar-refractivity contribution in [2.24, 2.45) is 17.8 Å². The molecule has 5 rings (SSSR count). The highest BCUT2D eigenvalue weighted by Gasteiger charge is 2.43. The van der Waals surface area contributed by atoms with Crippen molar-refractivity contribution in [1.82, 2.24) is 41.0 Å². The molecule has 21 nitrogen and oxygen atoms in total. The third kappa shape index (κ3) is 14.9. The minimum Gasteiger partial charge on any atom is -0.871 e. The van der Waals surface area contributed by atoms with E-state index in [2.05, 4.69) is 31.2 Å². The van der Waals surface area contributed by atoms with Crippen LogP contribution in [0.4, 0.5) is 5.69 Å². The van der Waals surface area contributed by atoms with Gasteiger partial charge in [0.25, 0.3) is 0 Å². The summed E-state index contributed by atoms with van der Waals surface area (Å²) in [5.41, 5.74) is 0.672. The Bertz CT molecular complexity index is 2590. The predicted octanol–water partition coefficient (Wildman–Crippen LogP) is 2.61. The number of fused-ring (bicyclic) bond motifs is 1. The summed E-state index contributed by atoms with van der Waals surface area (Å²) in [7, 11) is 2.74. The van der Waals surface area contributed by atoms with Gasteiger partial charge < -0.3 is 55.6 Å². The number of benzene rings is 2. The maximum atomic E-state index is 15.3. The van der Waals surface area contributed by atoms with Crippen molar-refractivity contribution in [3.05, 3.63) is 71.9 Å². The van der Waals surface area contributed by atoms with Gasteiger partial charge in [0.1, 0.15) is 54.7 Å². The fraction of sp³-hybridized carbons (Fsp3) is 0.556. The monoisotopic (exact) mass is 1040 g/mol. The molecule has 410 valence electrons. The van der Waals surface area contributed by atoms with Crippen LogP contribution in [0.2, 0.25) is 0 Å². The molecule has 75 heavy (non-hydrogen) atoms. The van der Waals surface area contributed by atoms with Gasteiger partial charge in [-0.3, -0.25) is 44.0 Å². The summed E-state index contributed by atoms with van der Waals surface area (Å²) in [5.74, 6) is -7.31. The zero-order valence-electron chi connectivity index (χ0n) is 44.9. The lowest BCUT2D eigenvalue weighted by molar-refractivity contribution is -0.268. The van der Waals surface area contributed by atoms with Gasteiger partial charge in [0.2, 0.25) is 41.4 Å². The van der Waals surface area contributed by atoms with Gasteiger partial charge in [-0.2, -0.15) is 0 Å². The van der Waals surface area contributed by atoms with E-state index < -0.39 is 107 Å². The second-order valence-electron chi connectivity index (χ2n) is 21.3. The fourth-order valence-corrected chi connectivity index (χ4v) is 9.47. The quantitative estimate of drug-likeness (QED) is 0.0471. The van der Waals surface area contributed by atoms with Gasteiger partial charge in [-0.05, 0) is 88.5 Å². The average Bonchev–Trinajstić information content (AvgIpc) is 4.16. The van der Waals surface area contributed by atoms with Crippen LogP contribution in [0.25, 0.3) is 10.9 Å². The maximum absolute atomic E-state index is 15.3. The van der Waals surface area contributed by atoms with Gasteiger partial charge in [-0.25, -0.2) is 0 Å². The largest absolute Gasteiger partial charge is 0.871 e. The molecule has 9 unspecified atom stereocenters. The van der Waals surface area contributed by atoms with Gasteiger partial charge in [0, 0.05) is 50.0 Å². The Labute approximate surface area is 438 Å². The number of allylic oxidation sites excluding steroid dienone is 1. The van der Waals surface area contributed by atoms with Gasteiger partial charge in [0.15, 0.2) is 0 Å². The van der Waals surface area contributed by atoms with Crippen molar-refractivity contribution in [3.8, 4) is 5.75 Å². The molecule has 7 amide bonds. The minimum atomic E-state index is -1.53. The first-order valence-corrected chi connectivity index (χ1v) is 25.6. The average molecular weight is 1040 g/mol. The van der Waals surface area contributed by atoms with Crippen molar-refractivity contribution >= 4 is 64.2 Å². The van der Waals surface area contributed by atoms with E-state index in [1.807, 2.05) is 72.0 Å². The van der Waals surface area contributed by atoms with Crippen LogP contribution in [-0.2, 0) is 61.5 Å². The predicted molar refractivity (Wildman–Crippen MR) is 277 cm³/mol. The summed E-state index contributed by atoms with van der Waals surface area (Å²) in [4.78, 5) is 117. The minimum absolute atomic E-state index is 0.0227. The van der Waals surface area contributed by atoms with Crippen molar-refractivity contribution in [3.63, 3.8) is 0 Å². The number of anilines is 1. The number of hydrogen-bond donors (Lipinski definition) is 7. The normalized spacial score (nSPS) is 24.7. The highest BCUT2D eigenvalue weighted by molar-refractivity contribution is 5.99.